The molecule has 0 atom stereocenters. The van der Waals surface area contributed by atoms with Crippen molar-refractivity contribution in [3.8, 4) is 0 Å². The van der Waals surface area contributed by atoms with E-state index in [4.69, 9.17) is 0 Å². The van der Waals surface area contributed by atoms with Gasteiger partial charge in [-0.15, -0.1) is 0 Å². The lowest BCUT2D eigenvalue weighted by atomic mass is 10.3. The Hall–Kier alpha value is -2.11. The SMILES string of the molecule is CCCNC(=O)CNC(=O)CN1CCN(S(=O)(=O)c2c(F)cccc2F)CC1. The minimum Gasteiger partial charge on any atom is -0.355 e. The monoisotopic (exact) mass is 418 g/mol. The van der Waals surface area contributed by atoms with Gasteiger partial charge >= 0.3 is 0 Å². The van der Waals surface area contributed by atoms with Crippen LogP contribution in [0.5, 0.6) is 0 Å². The zero-order chi connectivity index (χ0) is 20.7. The Morgan fingerprint density at radius 3 is 2.21 bits per heavy atom. The molecule has 8 nitrogen and oxygen atoms in total. The Labute approximate surface area is 162 Å². The lowest BCUT2D eigenvalue weighted by molar-refractivity contribution is -0.126. The van der Waals surface area contributed by atoms with Gasteiger partial charge in [-0.25, -0.2) is 17.2 Å². The predicted octanol–water partition coefficient (Wildman–Crippen LogP) is -0.0865. The van der Waals surface area contributed by atoms with E-state index in [0.29, 0.717) is 6.54 Å². The lowest BCUT2D eigenvalue weighted by Gasteiger charge is -2.33. The molecule has 0 radical (unpaired) electrons. The van der Waals surface area contributed by atoms with Crippen LogP contribution in [0.3, 0.4) is 0 Å². The molecule has 1 aliphatic heterocycles. The number of sulfonamides is 1. The third kappa shape index (κ3) is 5.69. The van der Waals surface area contributed by atoms with Crippen LogP contribution in [0.1, 0.15) is 13.3 Å². The summed E-state index contributed by atoms with van der Waals surface area (Å²) in [7, 11) is -4.30. The Morgan fingerprint density at radius 2 is 1.64 bits per heavy atom. The molecule has 0 unspecified atom stereocenters. The van der Waals surface area contributed by atoms with Gasteiger partial charge in [0.1, 0.15) is 11.6 Å². The van der Waals surface area contributed by atoms with Crippen LogP contribution in [-0.4, -0.2) is 75.3 Å². The molecule has 1 saturated heterocycles. The number of nitrogens with zero attached hydrogens (tertiary/aromatic N) is 2. The summed E-state index contributed by atoms with van der Waals surface area (Å²) in [6.45, 7) is 2.78. The number of hydrogen-bond donors (Lipinski definition) is 2. The van der Waals surface area contributed by atoms with Crippen molar-refractivity contribution >= 4 is 21.8 Å². The molecule has 0 bridgehead atoms. The first-order chi connectivity index (χ1) is 13.3. The maximum Gasteiger partial charge on any atom is 0.249 e. The van der Waals surface area contributed by atoms with Crippen molar-refractivity contribution in [3.05, 3.63) is 29.8 Å². The van der Waals surface area contributed by atoms with E-state index in [9.17, 15) is 26.8 Å². The highest BCUT2D eigenvalue weighted by Gasteiger charge is 2.33. The number of rotatable bonds is 8. The number of carbonyl (C=O) groups is 2. The summed E-state index contributed by atoms with van der Waals surface area (Å²) in [6.07, 6.45) is 0.795. The molecule has 1 aromatic rings. The molecule has 0 spiro atoms. The predicted molar refractivity (Wildman–Crippen MR) is 97.9 cm³/mol. The van der Waals surface area contributed by atoms with Gasteiger partial charge in [0.05, 0.1) is 13.1 Å². The first kappa shape index (κ1) is 22.2. The number of nitrogens with one attached hydrogen (secondary N) is 2. The molecular weight excluding hydrogens is 394 g/mol. The van der Waals surface area contributed by atoms with E-state index in [1.54, 1.807) is 4.90 Å². The molecule has 156 valence electrons. The van der Waals surface area contributed by atoms with Gasteiger partial charge in [-0.3, -0.25) is 14.5 Å². The van der Waals surface area contributed by atoms with Gasteiger partial charge in [0, 0.05) is 32.7 Å². The molecule has 1 aromatic carbocycles. The van der Waals surface area contributed by atoms with E-state index < -0.39 is 26.6 Å². The van der Waals surface area contributed by atoms with Gasteiger partial charge in [0.2, 0.25) is 21.8 Å². The van der Waals surface area contributed by atoms with Crippen molar-refractivity contribution < 1.29 is 26.8 Å². The third-order valence-corrected chi connectivity index (χ3v) is 6.18. The average Bonchev–Trinajstić information content (AvgIpc) is 2.65. The number of hydrogen-bond acceptors (Lipinski definition) is 5. The summed E-state index contributed by atoms with van der Waals surface area (Å²) in [5.74, 6) is -2.91. The zero-order valence-corrected chi connectivity index (χ0v) is 16.4. The Kier molecular flexibility index (Phi) is 7.84. The third-order valence-electron chi connectivity index (χ3n) is 4.23. The summed E-state index contributed by atoms with van der Waals surface area (Å²) in [5, 5.41) is 5.13. The molecule has 1 fully saturated rings. The van der Waals surface area contributed by atoms with E-state index in [0.717, 1.165) is 28.9 Å². The Bertz CT molecular complexity index is 791. The minimum atomic E-state index is -4.30. The van der Waals surface area contributed by atoms with Crippen molar-refractivity contribution in [2.24, 2.45) is 0 Å². The number of benzene rings is 1. The van der Waals surface area contributed by atoms with Crippen molar-refractivity contribution in [1.29, 1.82) is 0 Å². The summed E-state index contributed by atoms with van der Waals surface area (Å²) >= 11 is 0. The highest BCUT2D eigenvalue weighted by Crippen LogP contribution is 2.23. The van der Waals surface area contributed by atoms with E-state index in [2.05, 4.69) is 10.6 Å². The van der Waals surface area contributed by atoms with Gasteiger partial charge < -0.3 is 10.6 Å². The quantitative estimate of drug-likeness (QED) is 0.615. The molecule has 1 aliphatic rings. The molecule has 0 aromatic heterocycles. The van der Waals surface area contributed by atoms with E-state index in [1.165, 1.54) is 0 Å². The minimum absolute atomic E-state index is 0.000371. The lowest BCUT2D eigenvalue weighted by Crippen LogP contribution is -2.51. The number of carbonyl (C=O) groups excluding carboxylic acids is 2. The van der Waals surface area contributed by atoms with E-state index in [1.807, 2.05) is 6.92 Å². The van der Waals surface area contributed by atoms with Gasteiger partial charge in [-0.05, 0) is 18.6 Å². The van der Waals surface area contributed by atoms with Crippen LogP contribution in [0.15, 0.2) is 23.1 Å². The summed E-state index contributed by atoms with van der Waals surface area (Å²) in [6, 6.07) is 2.89. The zero-order valence-electron chi connectivity index (χ0n) is 15.6. The maximum absolute atomic E-state index is 13.8. The Morgan fingerprint density at radius 1 is 1.04 bits per heavy atom. The van der Waals surface area contributed by atoms with Crippen molar-refractivity contribution in [2.75, 3.05) is 45.8 Å². The highest BCUT2D eigenvalue weighted by atomic mass is 32.2. The molecular formula is C17H24F2N4O4S. The van der Waals surface area contributed by atoms with Gasteiger partial charge in [-0.1, -0.05) is 13.0 Å². The molecule has 11 heteroatoms. The fraction of sp³-hybridized carbons (Fsp3) is 0.529. The van der Waals surface area contributed by atoms with Crippen molar-refractivity contribution in [3.63, 3.8) is 0 Å². The normalized spacial score (nSPS) is 16.0. The van der Waals surface area contributed by atoms with Crippen molar-refractivity contribution in [1.82, 2.24) is 19.8 Å². The molecule has 0 saturated carbocycles. The van der Waals surface area contributed by atoms with Gasteiger partial charge in [0.15, 0.2) is 4.90 Å². The summed E-state index contributed by atoms with van der Waals surface area (Å²) < 4.78 is 53.7. The molecule has 1 heterocycles. The second-order valence-electron chi connectivity index (χ2n) is 6.36. The van der Waals surface area contributed by atoms with Crippen LogP contribution in [0.2, 0.25) is 0 Å². The van der Waals surface area contributed by atoms with E-state index >= 15 is 0 Å². The van der Waals surface area contributed by atoms with E-state index in [-0.39, 0.29) is 51.1 Å². The second kappa shape index (κ2) is 9.89. The van der Waals surface area contributed by atoms with Gasteiger partial charge in [-0.2, -0.15) is 4.31 Å². The highest BCUT2D eigenvalue weighted by molar-refractivity contribution is 7.89. The number of piperazine rings is 1. The standard InChI is InChI=1S/C17H24F2N4O4S/c1-2-6-20-15(24)11-21-16(25)12-22-7-9-23(10-8-22)28(26,27)17-13(18)4-3-5-14(17)19/h3-5H,2,6-12H2,1H3,(H,20,24)(H,21,25). The fourth-order valence-electron chi connectivity index (χ4n) is 2.75. The number of amides is 2. The van der Waals surface area contributed by atoms with Crippen LogP contribution >= 0.6 is 0 Å². The van der Waals surface area contributed by atoms with Crippen LogP contribution in [0.25, 0.3) is 0 Å². The maximum atomic E-state index is 13.8. The molecule has 2 rings (SSSR count). The van der Waals surface area contributed by atoms with Crippen LogP contribution in [0.4, 0.5) is 8.78 Å². The van der Waals surface area contributed by atoms with Crippen molar-refractivity contribution in [2.45, 2.75) is 18.2 Å². The first-order valence-electron chi connectivity index (χ1n) is 8.95. The Balaban J connectivity index is 1.85. The van der Waals surface area contributed by atoms with Crippen LogP contribution < -0.4 is 10.6 Å². The average molecular weight is 418 g/mol. The molecule has 2 N–H and O–H groups in total. The van der Waals surface area contributed by atoms with Crippen LogP contribution in [0, 0.1) is 11.6 Å². The smallest absolute Gasteiger partial charge is 0.249 e. The van der Waals surface area contributed by atoms with Crippen LogP contribution in [-0.2, 0) is 19.6 Å². The fourth-order valence-corrected chi connectivity index (χ4v) is 4.28. The molecule has 28 heavy (non-hydrogen) atoms. The topological polar surface area (TPSA) is 98.8 Å². The number of halogens is 2. The second-order valence-corrected chi connectivity index (χ2v) is 8.23. The largest absolute Gasteiger partial charge is 0.355 e. The van der Waals surface area contributed by atoms with Gasteiger partial charge in [0.25, 0.3) is 0 Å². The molecule has 2 amide bonds. The molecule has 0 aliphatic carbocycles. The summed E-state index contributed by atoms with van der Waals surface area (Å²) in [4.78, 5) is 24.1. The summed E-state index contributed by atoms with van der Waals surface area (Å²) in [5.41, 5.74) is 0. The first-order valence-corrected chi connectivity index (χ1v) is 10.4.